The van der Waals surface area contributed by atoms with Crippen molar-refractivity contribution in [2.24, 2.45) is 5.92 Å². The Morgan fingerprint density at radius 2 is 1.89 bits per heavy atom. The maximum atomic E-state index is 12.1. The lowest BCUT2D eigenvalue weighted by atomic mass is 9.92. The molecule has 7 nitrogen and oxygen atoms in total. The molecule has 2 aromatic rings. The maximum Gasteiger partial charge on any atom is 0.306 e. The third-order valence-electron chi connectivity index (χ3n) is 4.01. The van der Waals surface area contributed by atoms with Gasteiger partial charge in [0.15, 0.2) is 5.76 Å². The monoisotopic (exact) mass is 390 g/mol. The summed E-state index contributed by atoms with van der Waals surface area (Å²) in [5.41, 5.74) is -0.0467. The van der Waals surface area contributed by atoms with Crippen LogP contribution in [0.25, 0.3) is 0 Å². The van der Waals surface area contributed by atoms with Gasteiger partial charge in [-0.2, -0.15) is 0 Å². The molecule has 28 heavy (non-hydrogen) atoms. The fourth-order valence-electron chi connectivity index (χ4n) is 2.68. The van der Waals surface area contributed by atoms with Crippen LogP contribution in [0.5, 0.6) is 11.5 Å². The van der Waals surface area contributed by atoms with Crippen molar-refractivity contribution in [2.45, 2.75) is 39.7 Å². The minimum Gasteiger partial charge on any atom is -0.502 e. The molecule has 0 saturated carbocycles. The van der Waals surface area contributed by atoms with Crippen LogP contribution in [-0.4, -0.2) is 29.4 Å². The second-order valence-corrected chi connectivity index (χ2v) is 6.78. The Balaban J connectivity index is 2.41. The van der Waals surface area contributed by atoms with Crippen LogP contribution in [0.15, 0.2) is 39.5 Å². The predicted octanol–water partition coefficient (Wildman–Crippen LogP) is 2.96. The number of aliphatic hydroxyl groups excluding tert-OH is 1. The number of ether oxygens (including phenoxy) is 2. The molecular formula is C21H26O7. The minimum absolute atomic E-state index is 0.00328. The molecule has 7 heteroatoms. The predicted molar refractivity (Wildman–Crippen MR) is 102 cm³/mol. The Morgan fingerprint density at radius 3 is 2.46 bits per heavy atom. The van der Waals surface area contributed by atoms with Gasteiger partial charge in [0.05, 0.1) is 25.6 Å². The molecule has 0 aliphatic heterocycles. The summed E-state index contributed by atoms with van der Waals surface area (Å²) in [7, 11) is 0. The number of hydrogen-bond donors (Lipinski definition) is 2. The fraction of sp³-hybridized carbons (Fsp3) is 0.429. The molecule has 1 aromatic heterocycles. The quantitative estimate of drug-likeness (QED) is 0.634. The molecule has 1 atom stereocenters. The Bertz CT molecular complexity index is 837. The second kappa shape index (κ2) is 9.94. The summed E-state index contributed by atoms with van der Waals surface area (Å²) < 4.78 is 16.2. The van der Waals surface area contributed by atoms with E-state index in [2.05, 4.69) is 0 Å². The van der Waals surface area contributed by atoms with Crippen LogP contribution in [0.3, 0.4) is 0 Å². The summed E-state index contributed by atoms with van der Waals surface area (Å²) in [5.74, 6) is -0.872. The van der Waals surface area contributed by atoms with Crippen LogP contribution in [0.1, 0.15) is 50.2 Å². The number of carbonyl (C=O) groups excluding carboxylic acids is 1. The Labute approximate surface area is 163 Å². The highest BCUT2D eigenvalue weighted by Gasteiger charge is 2.26. The Kier molecular flexibility index (Phi) is 7.63. The van der Waals surface area contributed by atoms with E-state index < -0.39 is 29.7 Å². The van der Waals surface area contributed by atoms with E-state index in [1.807, 2.05) is 13.8 Å². The van der Waals surface area contributed by atoms with Gasteiger partial charge in [-0.15, -0.1) is 0 Å². The van der Waals surface area contributed by atoms with Crippen molar-refractivity contribution in [3.05, 3.63) is 57.6 Å². The van der Waals surface area contributed by atoms with Gasteiger partial charge in [0.25, 0.3) is 0 Å². The van der Waals surface area contributed by atoms with Gasteiger partial charge >= 0.3 is 5.97 Å². The normalized spacial score (nSPS) is 12.0. The van der Waals surface area contributed by atoms with Gasteiger partial charge in [0.2, 0.25) is 11.2 Å². The van der Waals surface area contributed by atoms with Crippen molar-refractivity contribution >= 4 is 5.97 Å². The third kappa shape index (κ3) is 5.60. The van der Waals surface area contributed by atoms with Gasteiger partial charge in [0, 0.05) is 6.07 Å². The van der Waals surface area contributed by atoms with E-state index in [1.54, 1.807) is 31.2 Å². The number of aromatic hydroxyl groups is 1. The van der Waals surface area contributed by atoms with Crippen LogP contribution in [-0.2, 0) is 16.1 Å². The van der Waals surface area contributed by atoms with Gasteiger partial charge in [0.1, 0.15) is 18.1 Å². The molecule has 0 aliphatic carbocycles. The van der Waals surface area contributed by atoms with Gasteiger partial charge < -0.3 is 24.1 Å². The molecule has 0 amide bonds. The highest BCUT2D eigenvalue weighted by Crippen LogP contribution is 2.34. The summed E-state index contributed by atoms with van der Waals surface area (Å²) in [6, 6.07) is 8.00. The highest BCUT2D eigenvalue weighted by molar-refractivity contribution is 5.71. The molecule has 0 fully saturated rings. The lowest BCUT2D eigenvalue weighted by Gasteiger charge is -2.18. The van der Waals surface area contributed by atoms with Gasteiger partial charge in [-0.05, 0) is 30.5 Å². The van der Waals surface area contributed by atoms with Crippen molar-refractivity contribution in [3.8, 4) is 11.5 Å². The molecule has 2 rings (SSSR count). The largest absolute Gasteiger partial charge is 0.502 e. The van der Waals surface area contributed by atoms with Crippen molar-refractivity contribution in [1.29, 1.82) is 0 Å². The van der Waals surface area contributed by atoms with Crippen molar-refractivity contribution in [1.82, 2.24) is 0 Å². The highest BCUT2D eigenvalue weighted by atomic mass is 16.5. The van der Waals surface area contributed by atoms with Crippen molar-refractivity contribution < 1.29 is 28.9 Å². The number of benzene rings is 1. The van der Waals surface area contributed by atoms with Crippen LogP contribution in [0.4, 0.5) is 0 Å². The number of esters is 1. The average Bonchev–Trinajstić information content (AvgIpc) is 2.67. The average molecular weight is 390 g/mol. The topological polar surface area (TPSA) is 106 Å². The van der Waals surface area contributed by atoms with Crippen LogP contribution in [0, 0.1) is 5.92 Å². The molecule has 0 aliphatic rings. The molecule has 152 valence electrons. The molecule has 2 N–H and O–H groups in total. The molecule has 0 bridgehead atoms. The van der Waals surface area contributed by atoms with E-state index in [1.165, 1.54) is 0 Å². The van der Waals surface area contributed by atoms with Gasteiger partial charge in [-0.3, -0.25) is 9.59 Å². The maximum absolute atomic E-state index is 12.1. The van der Waals surface area contributed by atoms with E-state index in [0.717, 1.165) is 6.07 Å². The Hall–Kier alpha value is -2.80. The lowest BCUT2D eigenvalue weighted by Crippen LogP contribution is -2.15. The number of hydrogen-bond acceptors (Lipinski definition) is 7. The summed E-state index contributed by atoms with van der Waals surface area (Å²) in [5, 5.41) is 19.5. The fourth-order valence-corrected chi connectivity index (χ4v) is 2.68. The molecule has 0 radical (unpaired) electrons. The first-order valence-electron chi connectivity index (χ1n) is 9.20. The number of carbonyl (C=O) groups is 1. The molecule has 1 unspecified atom stereocenters. The van der Waals surface area contributed by atoms with Gasteiger partial charge in [-0.25, -0.2) is 0 Å². The van der Waals surface area contributed by atoms with E-state index in [0.29, 0.717) is 23.8 Å². The minimum atomic E-state index is -0.752. The smallest absolute Gasteiger partial charge is 0.306 e. The molecule has 1 heterocycles. The summed E-state index contributed by atoms with van der Waals surface area (Å²) in [6.45, 7) is 6.06. The number of aliphatic hydroxyl groups is 1. The molecular weight excluding hydrogens is 364 g/mol. The first-order chi connectivity index (χ1) is 13.3. The van der Waals surface area contributed by atoms with E-state index in [4.69, 9.17) is 13.9 Å². The molecule has 0 spiro atoms. The Morgan fingerprint density at radius 1 is 1.21 bits per heavy atom. The first-order valence-corrected chi connectivity index (χ1v) is 9.20. The van der Waals surface area contributed by atoms with E-state index >= 15 is 0 Å². The zero-order chi connectivity index (χ0) is 20.7. The standard InChI is InChI=1S/C21H26O7/c1-4-26-19(24)10-17(21-20(25)18(23)9-16(11-22)28-21)14-5-7-15(8-6-14)27-12-13(2)3/h5-9,13,17,22,25H,4,10-12H2,1-3H3. The second-order valence-electron chi connectivity index (χ2n) is 6.78. The molecule has 0 saturated heterocycles. The van der Waals surface area contributed by atoms with Crippen molar-refractivity contribution in [2.75, 3.05) is 13.2 Å². The summed E-state index contributed by atoms with van der Waals surface area (Å²) in [6.07, 6.45) is -0.134. The zero-order valence-corrected chi connectivity index (χ0v) is 16.3. The summed E-state index contributed by atoms with van der Waals surface area (Å²) >= 11 is 0. The number of rotatable bonds is 9. The van der Waals surface area contributed by atoms with Crippen LogP contribution in [0.2, 0.25) is 0 Å². The van der Waals surface area contributed by atoms with Crippen LogP contribution < -0.4 is 10.2 Å². The lowest BCUT2D eigenvalue weighted by molar-refractivity contribution is -0.143. The van der Waals surface area contributed by atoms with Crippen LogP contribution >= 0.6 is 0 Å². The third-order valence-corrected chi connectivity index (χ3v) is 4.01. The zero-order valence-electron chi connectivity index (χ0n) is 16.3. The van der Waals surface area contributed by atoms with Crippen molar-refractivity contribution in [3.63, 3.8) is 0 Å². The van der Waals surface area contributed by atoms with E-state index in [-0.39, 0.29) is 24.5 Å². The van der Waals surface area contributed by atoms with E-state index in [9.17, 15) is 19.8 Å². The van der Waals surface area contributed by atoms with Gasteiger partial charge in [-0.1, -0.05) is 26.0 Å². The molecule has 1 aromatic carbocycles. The summed E-state index contributed by atoms with van der Waals surface area (Å²) in [4.78, 5) is 24.1. The first kappa shape index (κ1) is 21.5. The SMILES string of the molecule is CCOC(=O)CC(c1ccc(OCC(C)C)cc1)c1oc(CO)cc(=O)c1O.